The SMILES string of the molecule is CC1(C)CCC(NS(=O)(=O)c2cc(CN)ccc2Cl)C1. The Hall–Kier alpha value is -0.620. The van der Waals surface area contributed by atoms with Gasteiger partial charge in [0.2, 0.25) is 10.0 Å². The van der Waals surface area contributed by atoms with Gasteiger partial charge in [0, 0.05) is 12.6 Å². The zero-order valence-electron chi connectivity index (χ0n) is 11.8. The molecule has 0 aromatic heterocycles. The molecule has 0 heterocycles. The molecule has 0 amide bonds. The van der Waals surface area contributed by atoms with Crippen molar-refractivity contribution in [1.29, 1.82) is 0 Å². The van der Waals surface area contributed by atoms with Gasteiger partial charge in [-0.05, 0) is 42.4 Å². The standard InChI is InChI=1S/C14H21ClN2O2S/c1-14(2)6-5-11(8-14)17-20(18,19)13-7-10(9-16)3-4-12(13)15/h3-4,7,11,17H,5-6,8-9,16H2,1-2H3. The predicted octanol–water partition coefficient (Wildman–Crippen LogP) is 2.66. The zero-order chi connectivity index (χ0) is 15.0. The molecule has 1 fully saturated rings. The molecule has 1 aromatic carbocycles. The maximum Gasteiger partial charge on any atom is 0.242 e. The highest BCUT2D eigenvalue weighted by molar-refractivity contribution is 7.89. The second kappa shape index (κ2) is 5.64. The van der Waals surface area contributed by atoms with Crippen molar-refractivity contribution in [2.75, 3.05) is 0 Å². The number of sulfonamides is 1. The first-order chi connectivity index (χ1) is 9.23. The molecule has 1 aromatic rings. The van der Waals surface area contributed by atoms with E-state index in [1.807, 2.05) is 0 Å². The number of benzene rings is 1. The van der Waals surface area contributed by atoms with Gasteiger partial charge in [0.1, 0.15) is 4.90 Å². The van der Waals surface area contributed by atoms with E-state index in [1.54, 1.807) is 18.2 Å². The summed E-state index contributed by atoms with van der Waals surface area (Å²) in [6.45, 7) is 4.60. The molecule has 1 aliphatic rings. The summed E-state index contributed by atoms with van der Waals surface area (Å²) < 4.78 is 27.7. The number of hydrogen-bond acceptors (Lipinski definition) is 3. The summed E-state index contributed by atoms with van der Waals surface area (Å²) in [7, 11) is -3.59. The van der Waals surface area contributed by atoms with E-state index in [0.29, 0.717) is 0 Å². The summed E-state index contributed by atoms with van der Waals surface area (Å²) in [6, 6.07) is 4.84. The minimum absolute atomic E-state index is 0.0207. The van der Waals surface area contributed by atoms with Gasteiger partial charge >= 0.3 is 0 Å². The first kappa shape index (κ1) is 15.8. The molecule has 0 radical (unpaired) electrons. The smallest absolute Gasteiger partial charge is 0.242 e. The molecule has 112 valence electrons. The number of nitrogens with one attached hydrogen (secondary N) is 1. The van der Waals surface area contributed by atoms with Crippen LogP contribution in [0.4, 0.5) is 0 Å². The number of hydrogen-bond donors (Lipinski definition) is 2. The molecule has 0 saturated heterocycles. The Bertz CT molecular complexity index is 599. The third kappa shape index (κ3) is 3.52. The van der Waals surface area contributed by atoms with Crippen LogP contribution in [-0.2, 0) is 16.6 Å². The molecule has 1 unspecified atom stereocenters. The Balaban J connectivity index is 2.23. The maximum atomic E-state index is 12.5. The van der Waals surface area contributed by atoms with E-state index < -0.39 is 10.0 Å². The molecule has 3 N–H and O–H groups in total. The topological polar surface area (TPSA) is 72.2 Å². The molecular weight excluding hydrogens is 296 g/mol. The van der Waals surface area contributed by atoms with Crippen LogP contribution in [0, 0.1) is 5.41 Å². The average molecular weight is 317 g/mol. The second-order valence-electron chi connectivity index (χ2n) is 6.19. The molecule has 6 heteroatoms. The Morgan fingerprint density at radius 2 is 2.15 bits per heavy atom. The van der Waals surface area contributed by atoms with E-state index in [2.05, 4.69) is 18.6 Å². The third-order valence-electron chi connectivity index (χ3n) is 3.81. The normalized spacial score (nSPS) is 22.1. The van der Waals surface area contributed by atoms with Crippen LogP contribution in [0.2, 0.25) is 5.02 Å². The summed E-state index contributed by atoms with van der Waals surface area (Å²) in [6.07, 6.45) is 2.73. The fourth-order valence-electron chi connectivity index (χ4n) is 2.70. The van der Waals surface area contributed by atoms with Crippen molar-refractivity contribution in [2.45, 2.75) is 50.6 Å². The molecule has 2 rings (SSSR count). The molecule has 0 aliphatic heterocycles. The first-order valence-electron chi connectivity index (χ1n) is 6.74. The Morgan fingerprint density at radius 3 is 2.70 bits per heavy atom. The lowest BCUT2D eigenvalue weighted by molar-refractivity contribution is 0.372. The van der Waals surface area contributed by atoms with Gasteiger partial charge in [-0.15, -0.1) is 0 Å². The molecule has 1 atom stereocenters. The van der Waals surface area contributed by atoms with Crippen LogP contribution < -0.4 is 10.5 Å². The van der Waals surface area contributed by atoms with E-state index in [1.165, 1.54) is 0 Å². The van der Waals surface area contributed by atoms with Crippen molar-refractivity contribution in [3.05, 3.63) is 28.8 Å². The molecular formula is C14H21ClN2O2S. The molecule has 1 saturated carbocycles. The van der Waals surface area contributed by atoms with Crippen LogP contribution in [0.1, 0.15) is 38.7 Å². The highest BCUT2D eigenvalue weighted by atomic mass is 35.5. The fraction of sp³-hybridized carbons (Fsp3) is 0.571. The second-order valence-corrected chi connectivity index (χ2v) is 8.28. The molecule has 4 nitrogen and oxygen atoms in total. The van der Waals surface area contributed by atoms with Gasteiger partial charge in [-0.1, -0.05) is 31.5 Å². The van der Waals surface area contributed by atoms with Crippen molar-refractivity contribution in [2.24, 2.45) is 11.1 Å². The summed E-state index contributed by atoms with van der Waals surface area (Å²) in [5, 5.41) is 0.229. The average Bonchev–Trinajstić information content (AvgIpc) is 2.68. The van der Waals surface area contributed by atoms with Crippen LogP contribution >= 0.6 is 11.6 Å². The van der Waals surface area contributed by atoms with Crippen molar-refractivity contribution in [3.8, 4) is 0 Å². The van der Waals surface area contributed by atoms with Crippen LogP contribution in [-0.4, -0.2) is 14.5 Å². The number of nitrogens with two attached hydrogens (primary N) is 1. The largest absolute Gasteiger partial charge is 0.326 e. The van der Waals surface area contributed by atoms with Crippen molar-refractivity contribution in [3.63, 3.8) is 0 Å². The van der Waals surface area contributed by atoms with E-state index in [4.69, 9.17) is 17.3 Å². The van der Waals surface area contributed by atoms with Gasteiger partial charge in [0.15, 0.2) is 0 Å². The lowest BCUT2D eigenvalue weighted by Crippen LogP contribution is -2.33. The van der Waals surface area contributed by atoms with E-state index >= 15 is 0 Å². The summed E-state index contributed by atoms with van der Waals surface area (Å²) >= 11 is 6.02. The van der Waals surface area contributed by atoms with Gasteiger partial charge in [-0.2, -0.15) is 0 Å². The molecule has 20 heavy (non-hydrogen) atoms. The molecule has 1 aliphatic carbocycles. The zero-order valence-corrected chi connectivity index (χ0v) is 13.4. The Labute approximate surface area is 125 Å². The van der Waals surface area contributed by atoms with Crippen molar-refractivity contribution >= 4 is 21.6 Å². The predicted molar refractivity (Wildman–Crippen MR) is 81.1 cm³/mol. The van der Waals surface area contributed by atoms with Gasteiger partial charge in [0.05, 0.1) is 5.02 Å². The molecule has 0 spiro atoms. The number of rotatable bonds is 4. The van der Waals surface area contributed by atoms with Crippen molar-refractivity contribution in [1.82, 2.24) is 4.72 Å². The Morgan fingerprint density at radius 1 is 1.45 bits per heavy atom. The van der Waals surface area contributed by atoms with Crippen LogP contribution in [0.15, 0.2) is 23.1 Å². The summed E-state index contributed by atoms with van der Waals surface area (Å²) in [4.78, 5) is 0.117. The van der Waals surface area contributed by atoms with Crippen LogP contribution in [0.5, 0.6) is 0 Å². The summed E-state index contributed by atoms with van der Waals surface area (Å²) in [5.74, 6) is 0. The van der Waals surface area contributed by atoms with Crippen molar-refractivity contribution < 1.29 is 8.42 Å². The number of halogens is 1. The van der Waals surface area contributed by atoms with E-state index in [0.717, 1.165) is 24.8 Å². The minimum Gasteiger partial charge on any atom is -0.326 e. The van der Waals surface area contributed by atoms with Gasteiger partial charge in [0.25, 0.3) is 0 Å². The van der Waals surface area contributed by atoms with Crippen LogP contribution in [0.25, 0.3) is 0 Å². The van der Waals surface area contributed by atoms with E-state index in [9.17, 15) is 8.42 Å². The quantitative estimate of drug-likeness (QED) is 0.897. The third-order valence-corrected chi connectivity index (χ3v) is 5.81. The lowest BCUT2D eigenvalue weighted by atomic mass is 9.92. The first-order valence-corrected chi connectivity index (χ1v) is 8.60. The summed E-state index contributed by atoms with van der Waals surface area (Å²) in [5.41, 5.74) is 6.49. The maximum absolute atomic E-state index is 12.5. The highest BCUT2D eigenvalue weighted by Gasteiger charge is 2.34. The minimum atomic E-state index is -3.59. The monoisotopic (exact) mass is 316 g/mol. The lowest BCUT2D eigenvalue weighted by Gasteiger charge is -2.18. The Kier molecular flexibility index (Phi) is 4.44. The van der Waals surface area contributed by atoms with Gasteiger partial charge < -0.3 is 5.73 Å². The van der Waals surface area contributed by atoms with Gasteiger partial charge in [-0.25, -0.2) is 13.1 Å². The van der Waals surface area contributed by atoms with Crippen LogP contribution in [0.3, 0.4) is 0 Å². The fourth-order valence-corrected chi connectivity index (χ4v) is 4.52. The molecule has 0 bridgehead atoms. The highest BCUT2D eigenvalue weighted by Crippen LogP contribution is 2.37. The van der Waals surface area contributed by atoms with Gasteiger partial charge in [-0.3, -0.25) is 0 Å². The van der Waals surface area contributed by atoms with E-state index in [-0.39, 0.29) is 27.9 Å².